The van der Waals surface area contributed by atoms with Crippen LogP contribution in [0.15, 0.2) is 54.6 Å². The molecule has 1 fully saturated rings. The minimum absolute atomic E-state index is 0.108. The molecule has 0 saturated carbocycles. The van der Waals surface area contributed by atoms with Gasteiger partial charge in [0.15, 0.2) is 5.78 Å². The Bertz CT molecular complexity index is 1180. The van der Waals surface area contributed by atoms with Crippen LogP contribution in [0.1, 0.15) is 34.1 Å². The topological polar surface area (TPSA) is 74.8 Å². The standard InChI is InChI=1S/C24H19Cl3N2O4/c1-13-3-2-4-18-21(13)24(33)29(23(18)32)28(22(31)14-5-7-15(25)8-6-14)12-20(30)17-10-9-16(26)11-19(17)27/h2-3,5-11,13,18,21H,4,12H2,1H3/t13-,18-,21-/m1/s1. The molecule has 0 N–H and O–H groups in total. The summed E-state index contributed by atoms with van der Waals surface area (Å²) in [6.45, 7) is 1.30. The van der Waals surface area contributed by atoms with Crippen LogP contribution >= 0.6 is 34.8 Å². The number of hydrogen-bond donors (Lipinski definition) is 0. The van der Waals surface area contributed by atoms with E-state index in [0.29, 0.717) is 16.5 Å². The van der Waals surface area contributed by atoms with Gasteiger partial charge in [0, 0.05) is 21.2 Å². The van der Waals surface area contributed by atoms with Crippen LogP contribution in [0.5, 0.6) is 0 Å². The highest BCUT2D eigenvalue weighted by atomic mass is 35.5. The maximum atomic E-state index is 13.4. The number of benzene rings is 2. The second-order valence-electron chi connectivity index (χ2n) is 8.06. The van der Waals surface area contributed by atoms with Crippen LogP contribution in [0.4, 0.5) is 0 Å². The van der Waals surface area contributed by atoms with Gasteiger partial charge in [-0.2, -0.15) is 5.01 Å². The monoisotopic (exact) mass is 504 g/mol. The van der Waals surface area contributed by atoms with Crippen molar-refractivity contribution in [3.63, 3.8) is 0 Å². The van der Waals surface area contributed by atoms with Crippen LogP contribution in [-0.2, 0) is 9.59 Å². The summed E-state index contributed by atoms with van der Waals surface area (Å²) in [5.41, 5.74) is 0.303. The number of rotatable bonds is 5. The highest BCUT2D eigenvalue weighted by Crippen LogP contribution is 2.39. The van der Waals surface area contributed by atoms with Gasteiger partial charge in [0.2, 0.25) is 0 Å². The second-order valence-corrected chi connectivity index (χ2v) is 9.34. The smallest absolute Gasteiger partial charge is 0.273 e. The molecule has 3 atom stereocenters. The molecule has 2 aliphatic rings. The predicted octanol–water partition coefficient (Wildman–Crippen LogP) is 5.08. The van der Waals surface area contributed by atoms with Crippen LogP contribution in [0.25, 0.3) is 0 Å². The van der Waals surface area contributed by atoms with Gasteiger partial charge in [0.25, 0.3) is 17.7 Å². The zero-order chi connectivity index (χ0) is 23.9. The Hall–Kier alpha value is -2.67. The fourth-order valence-corrected chi connectivity index (χ4v) is 4.92. The number of halogens is 3. The average molecular weight is 506 g/mol. The van der Waals surface area contributed by atoms with Gasteiger partial charge in [-0.25, -0.2) is 5.01 Å². The number of carbonyl (C=O) groups excluding carboxylic acids is 4. The van der Waals surface area contributed by atoms with Crippen LogP contribution in [-0.4, -0.2) is 40.1 Å². The summed E-state index contributed by atoms with van der Waals surface area (Å²) in [6.07, 6.45) is 4.15. The van der Waals surface area contributed by atoms with Crippen molar-refractivity contribution in [3.05, 3.63) is 80.8 Å². The number of imide groups is 1. The summed E-state index contributed by atoms with van der Waals surface area (Å²) in [5.74, 6) is -3.55. The van der Waals surface area contributed by atoms with Crippen molar-refractivity contribution in [2.75, 3.05) is 6.54 Å². The molecule has 1 aliphatic carbocycles. The number of ketones is 1. The van der Waals surface area contributed by atoms with Gasteiger partial charge < -0.3 is 0 Å². The van der Waals surface area contributed by atoms with E-state index in [-0.39, 0.29) is 22.1 Å². The van der Waals surface area contributed by atoms with Crippen LogP contribution < -0.4 is 0 Å². The molecule has 0 spiro atoms. The molecule has 3 amide bonds. The van der Waals surface area contributed by atoms with Crippen molar-refractivity contribution < 1.29 is 19.2 Å². The first kappa shape index (κ1) is 23.5. The zero-order valence-electron chi connectivity index (χ0n) is 17.5. The lowest BCUT2D eigenvalue weighted by Gasteiger charge is -2.30. The van der Waals surface area contributed by atoms with E-state index in [9.17, 15) is 19.2 Å². The number of allylic oxidation sites excluding steroid dienone is 2. The van der Waals surface area contributed by atoms with Crippen molar-refractivity contribution in [2.24, 2.45) is 17.8 Å². The van der Waals surface area contributed by atoms with Crippen LogP contribution in [0.3, 0.4) is 0 Å². The van der Waals surface area contributed by atoms with E-state index in [1.54, 1.807) is 0 Å². The van der Waals surface area contributed by atoms with Gasteiger partial charge in [0.05, 0.1) is 16.9 Å². The van der Waals surface area contributed by atoms with Gasteiger partial charge in [-0.3, -0.25) is 19.2 Å². The molecule has 33 heavy (non-hydrogen) atoms. The van der Waals surface area contributed by atoms with E-state index >= 15 is 0 Å². The SMILES string of the molecule is C[C@@H]1C=CC[C@H]2C(=O)N(N(CC(=O)c3ccc(Cl)cc3Cl)C(=O)c3ccc(Cl)cc3)C(=O)[C@H]12. The summed E-state index contributed by atoms with van der Waals surface area (Å²) in [7, 11) is 0. The third-order valence-electron chi connectivity index (χ3n) is 5.94. The highest BCUT2D eigenvalue weighted by molar-refractivity contribution is 6.37. The van der Waals surface area contributed by atoms with Crippen molar-refractivity contribution in [1.29, 1.82) is 0 Å². The van der Waals surface area contributed by atoms with Crippen molar-refractivity contribution >= 4 is 58.3 Å². The van der Waals surface area contributed by atoms with E-state index in [0.717, 1.165) is 10.0 Å². The van der Waals surface area contributed by atoms with Crippen LogP contribution in [0.2, 0.25) is 15.1 Å². The number of fused-ring (bicyclic) bond motifs is 1. The molecule has 6 nitrogen and oxygen atoms in total. The van der Waals surface area contributed by atoms with E-state index in [1.807, 2.05) is 19.1 Å². The van der Waals surface area contributed by atoms with Gasteiger partial charge in [-0.1, -0.05) is 53.9 Å². The predicted molar refractivity (Wildman–Crippen MR) is 125 cm³/mol. The highest BCUT2D eigenvalue weighted by Gasteiger charge is 2.53. The fraction of sp³-hybridized carbons (Fsp3) is 0.250. The zero-order valence-corrected chi connectivity index (χ0v) is 19.8. The number of hydrazine groups is 1. The average Bonchev–Trinajstić information content (AvgIpc) is 3.03. The summed E-state index contributed by atoms with van der Waals surface area (Å²) in [4.78, 5) is 53.1. The van der Waals surface area contributed by atoms with Gasteiger partial charge in [-0.05, 0) is 54.8 Å². The van der Waals surface area contributed by atoms with Crippen molar-refractivity contribution in [3.8, 4) is 0 Å². The second kappa shape index (κ2) is 9.29. The van der Waals surface area contributed by atoms with E-state index in [4.69, 9.17) is 34.8 Å². The third-order valence-corrected chi connectivity index (χ3v) is 6.74. The Kier molecular flexibility index (Phi) is 6.61. The Labute approximate surface area is 205 Å². The maximum Gasteiger partial charge on any atom is 0.273 e. The molecule has 1 saturated heterocycles. The van der Waals surface area contributed by atoms with E-state index < -0.39 is 41.9 Å². The Morgan fingerprint density at radius 3 is 2.30 bits per heavy atom. The fourth-order valence-electron chi connectivity index (χ4n) is 4.28. The third kappa shape index (κ3) is 4.43. The van der Waals surface area contributed by atoms with E-state index in [1.165, 1.54) is 42.5 Å². The molecule has 0 unspecified atom stereocenters. The van der Waals surface area contributed by atoms with E-state index in [2.05, 4.69) is 0 Å². The van der Waals surface area contributed by atoms with Crippen molar-refractivity contribution in [1.82, 2.24) is 10.0 Å². The lowest BCUT2D eigenvalue weighted by atomic mass is 9.78. The lowest BCUT2D eigenvalue weighted by molar-refractivity contribution is -0.154. The molecule has 1 heterocycles. The Balaban J connectivity index is 1.72. The molecule has 2 aromatic rings. The molecular formula is C24H19Cl3N2O4. The van der Waals surface area contributed by atoms with Gasteiger partial charge in [-0.15, -0.1) is 0 Å². The number of hydrogen-bond acceptors (Lipinski definition) is 4. The normalized spacial score (nSPS) is 21.8. The molecular weight excluding hydrogens is 487 g/mol. The summed E-state index contributed by atoms with van der Waals surface area (Å²) in [6, 6.07) is 10.3. The first-order chi connectivity index (χ1) is 15.7. The van der Waals surface area contributed by atoms with Crippen molar-refractivity contribution in [2.45, 2.75) is 13.3 Å². The Morgan fingerprint density at radius 2 is 1.67 bits per heavy atom. The molecule has 4 rings (SSSR count). The molecule has 2 aromatic carbocycles. The molecule has 170 valence electrons. The first-order valence-corrected chi connectivity index (χ1v) is 11.4. The van der Waals surface area contributed by atoms with Gasteiger partial charge >= 0.3 is 0 Å². The first-order valence-electron chi connectivity index (χ1n) is 10.3. The molecule has 0 aromatic heterocycles. The number of Topliss-reactive ketones (excluding diaryl/α,β-unsaturated/α-hetero) is 1. The quantitative estimate of drug-likeness (QED) is 0.322. The number of amides is 3. The number of carbonyl (C=O) groups is 4. The largest absolute Gasteiger partial charge is 0.292 e. The summed E-state index contributed by atoms with van der Waals surface area (Å²) in [5, 5.41) is 2.61. The Morgan fingerprint density at radius 1 is 1.00 bits per heavy atom. The number of nitrogens with zero attached hydrogens (tertiary/aromatic N) is 2. The summed E-state index contributed by atoms with van der Waals surface area (Å²) < 4.78 is 0. The molecule has 0 bridgehead atoms. The van der Waals surface area contributed by atoms with Gasteiger partial charge in [0.1, 0.15) is 6.54 Å². The minimum Gasteiger partial charge on any atom is -0.292 e. The molecule has 9 heteroatoms. The summed E-state index contributed by atoms with van der Waals surface area (Å²) >= 11 is 18.0. The van der Waals surface area contributed by atoms with Crippen LogP contribution in [0, 0.1) is 17.8 Å². The maximum absolute atomic E-state index is 13.4. The minimum atomic E-state index is -0.675. The molecule has 0 radical (unpaired) electrons. The lowest BCUT2D eigenvalue weighted by Crippen LogP contribution is -2.52. The molecule has 1 aliphatic heterocycles.